The van der Waals surface area contributed by atoms with Crippen LogP contribution < -0.4 is 19.7 Å². The number of phenols is 1. The van der Waals surface area contributed by atoms with Crippen molar-refractivity contribution >= 4 is 33.4 Å². The van der Waals surface area contributed by atoms with Gasteiger partial charge < -0.3 is 34.4 Å². The number of likely N-dealkylation sites (tertiary alicyclic amines) is 1. The Kier molecular flexibility index (Phi) is 11.9. The molecule has 0 aliphatic carbocycles. The van der Waals surface area contributed by atoms with Crippen molar-refractivity contribution in [2.75, 3.05) is 38.3 Å². The summed E-state index contributed by atoms with van der Waals surface area (Å²) in [5, 5.41) is 25.7. The fourth-order valence-electron chi connectivity index (χ4n) is 9.53. The zero-order valence-corrected chi connectivity index (χ0v) is 36.8. The third-order valence-corrected chi connectivity index (χ3v) is 12.9. The van der Waals surface area contributed by atoms with Gasteiger partial charge in [-0.25, -0.2) is 9.07 Å². The van der Waals surface area contributed by atoms with Gasteiger partial charge in [0.15, 0.2) is 5.75 Å². The van der Waals surface area contributed by atoms with Crippen LogP contribution in [0.3, 0.4) is 0 Å². The summed E-state index contributed by atoms with van der Waals surface area (Å²) in [5.41, 5.74) is 4.26. The van der Waals surface area contributed by atoms with Crippen molar-refractivity contribution in [2.24, 2.45) is 5.92 Å². The molecule has 4 unspecified atom stereocenters. The number of aromatic hydroxyl groups is 1. The summed E-state index contributed by atoms with van der Waals surface area (Å²) < 4.78 is 35.8. The molecule has 2 N–H and O–H groups in total. The van der Waals surface area contributed by atoms with Crippen LogP contribution >= 0.6 is 0 Å². The lowest BCUT2D eigenvalue weighted by molar-refractivity contribution is -0.137. The maximum absolute atomic E-state index is 15.5. The van der Waals surface area contributed by atoms with Gasteiger partial charge in [0, 0.05) is 62.2 Å². The molecule has 1 amide bonds. The first kappa shape index (κ1) is 42.4. The molecule has 6 aromatic rings. The van der Waals surface area contributed by atoms with Crippen molar-refractivity contribution in [3.63, 3.8) is 0 Å². The molecule has 3 fully saturated rings. The van der Waals surface area contributed by atoms with E-state index in [0.29, 0.717) is 74.3 Å². The van der Waals surface area contributed by atoms with Crippen molar-refractivity contribution in [2.45, 2.75) is 104 Å². The van der Waals surface area contributed by atoms with Crippen LogP contribution in [0.4, 0.5) is 10.2 Å². The molecule has 14 nitrogen and oxygen atoms in total. The van der Waals surface area contributed by atoms with E-state index >= 15 is 4.39 Å². The third-order valence-electron chi connectivity index (χ3n) is 12.9. The van der Waals surface area contributed by atoms with Crippen LogP contribution in [0.5, 0.6) is 17.5 Å². The molecule has 3 aliphatic heterocycles. The zero-order valence-electron chi connectivity index (χ0n) is 36.8. The van der Waals surface area contributed by atoms with E-state index in [1.807, 2.05) is 63.1 Å². The van der Waals surface area contributed by atoms with Crippen LogP contribution in [0.2, 0.25) is 0 Å². The number of hydrogen-bond acceptors (Lipinski definition) is 12. The molecule has 6 heterocycles. The number of methoxy groups -OCH3 is 1. The molecule has 3 saturated heterocycles. The fraction of sp³-hybridized carbons (Fsp3) is 0.458. The molecule has 2 bridgehead atoms. The molecule has 3 aliphatic rings. The summed E-state index contributed by atoms with van der Waals surface area (Å²) in [6.45, 7) is 12.6. The number of anilines is 1. The number of fused-ring (bicyclic) bond motifs is 4. The second kappa shape index (κ2) is 17.7. The number of aryl methyl sites for hydroxylation is 1. The van der Waals surface area contributed by atoms with Crippen LogP contribution in [-0.2, 0) is 22.6 Å². The van der Waals surface area contributed by atoms with Crippen molar-refractivity contribution < 1.29 is 28.5 Å². The minimum atomic E-state index is -0.447. The number of amides is 1. The Morgan fingerprint density at radius 1 is 1.02 bits per heavy atom. The number of piperazine rings is 1. The molecular formula is C48H56FN9O5. The Labute approximate surface area is 366 Å². The van der Waals surface area contributed by atoms with E-state index in [9.17, 15) is 9.90 Å². The predicted molar refractivity (Wildman–Crippen MR) is 239 cm³/mol. The van der Waals surface area contributed by atoms with Crippen LogP contribution in [0.1, 0.15) is 77.5 Å². The zero-order chi connectivity index (χ0) is 43.9. The molecule has 0 saturated carbocycles. The lowest BCUT2D eigenvalue weighted by Gasteiger charge is -2.34. The normalized spacial score (nSPS) is 19.7. The topological polar surface area (TPSA) is 153 Å². The van der Waals surface area contributed by atoms with Crippen molar-refractivity contribution in [1.82, 2.24) is 40.2 Å². The van der Waals surface area contributed by atoms with Gasteiger partial charge in [0.2, 0.25) is 5.91 Å². The average molecular weight is 858 g/mol. The summed E-state index contributed by atoms with van der Waals surface area (Å²) >= 11 is 0. The first-order chi connectivity index (χ1) is 30.5. The number of halogens is 1. The highest BCUT2D eigenvalue weighted by Crippen LogP contribution is 2.44. The van der Waals surface area contributed by atoms with Crippen LogP contribution in [0.15, 0.2) is 60.9 Å². The number of benzene rings is 3. The van der Waals surface area contributed by atoms with Crippen molar-refractivity contribution in [3.05, 3.63) is 77.9 Å². The predicted octanol–water partition coefficient (Wildman–Crippen LogP) is 7.65. The van der Waals surface area contributed by atoms with Crippen molar-refractivity contribution in [3.8, 4) is 40.0 Å². The van der Waals surface area contributed by atoms with Gasteiger partial charge in [-0.1, -0.05) is 56.3 Å². The first-order valence-corrected chi connectivity index (χ1v) is 22.3. The van der Waals surface area contributed by atoms with Crippen molar-refractivity contribution in [1.29, 1.82) is 0 Å². The Morgan fingerprint density at radius 3 is 2.49 bits per heavy atom. The SMILES string of the molecule is CCc1c(F)ccc2cc(O)cc(-c3ncc4c(N5CC6CCC(C5)N6)nc(OC[C@H](C)OC)nc4c3OCc3ccc(-c4cn(C(C(=O)N5CCCC5C)C(C)C)nn4)cc3)c12. The molecule has 0 spiro atoms. The standard InChI is InChI=1S/C48H56FN9O5/c1-7-36-39(49)17-14-32-19-35(59)20-37(41(32)36)42-45(43-38(21-50-42)46(53-48(52-43)63-25-29(5)61-6)56-22-33-15-16-34(23-56)51-33)62-26-30-10-12-31(13-11-30)40-24-58(55-54-40)44(27(2)3)47(60)57-18-8-9-28(57)4/h10-14,17,19-21,24,27-29,33-34,44,51,59H,7-9,15-16,18,22-23,25-26H2,1-6H3/t28?,29-,33?,34?,44?/m0/s1. The number of nitrogens with one attached hydrogen (secondary N) is 1. The van der Waals surface area contributed by atoms with E-state index in [0.717, 1.165) is 56.4 Å². The summed E-state index contributed by atoms with van der Waals surface area (Å²) in [5.74, 6) is 0.824. The smallest absolute Gasteiger partial charge is 0.319 e. The lowest BCUT2D eigenvalue weighted by Crippen LogP contribution is -2.51. The molecule has 63 heavy (non-hydrogen) atoms. The Hall–Kier alpha value is -5.93. The molecule has 3 aromatic heterocycles. The lowest BCUT2D eigenvalue weighted by atomic mass is 9.94. The highest BCUT2D eigenvalue weighted by molar-refractivity contribution is 6.04. The number of rotatable bonds is 14. The molecule has 5 atom stereocenters. The van der Waals surface area contributed by atoms with Crippen LogP contribution in [-0.4, -0.2) is 103 Å². The fourth-order valence-corrected chi connectivity index (χ4v) is 9.53. The van der Waals surface area contributed by atoms with E-state index < -0.39 is 6.04 Å². The van der Waals surface area contributed by atoms with Gasteiger partial charge in [-0.15, -0.1) is 5.10 Å². The number of phenolic OH excluding ortho intramolecular Hbond substituents is 1. The molecule has 3 aromatic carbocycles. The summed E-state index contributed by atoms with van der Waals surface area (Å²) in [4.78, 5) is 33.0. The van der Waals surface area contributed by atoms with E-state index in [4.69, 9.17) is 29.2 Å². The van der Waals surface area contributed by atoms with E-state index in [2.05, 4.69) is 27.5 Å². The average Bonchev–Trinajstić information content (AvgIpc) is 4.03. The number of aromatic nitrogens is 6. The van der Waals surface area contributed by atoms with Gasteiger partial charge in [-0.3, -0.25) is 9.78 Å². The molecule has 15 heteroatoms. The van der Waals surface area contributed by atoms with E-state index in [-0.39, 0.29) is 54.8 Å². The quantitative estimate of drug-likeness (QED) is 0.111. The Balaban J connectivity index is 1.11. The maximum Gasteiger partial charge on any atom is 0.319 e. The van der Waals surface area contributed by atoms with E-state index in [1.165, 1.54) is 6.07 Å². The van der Waals surface area contributed by atoms with E-state index in [1.54, 1.807) is 36.2 Å². The monoisotopic (exact) mass is 857 g/mol. The molecule has 9 rings (SSSR count). The Morgan fingerprint density at radius 2 is 1.79 bits per heavy atom. The third kappa shape index (κ3) is 8.36. The van der Waals surface area contributed by atoms with Gasteiger partial charge in [0.1, 0.15) is 53.5 Å². The number of pyridine rings is 1. The number of ether oxygens (including phenoxy) is 3. The molecule has 330 valence electrons. The molecule has 0 radical (unpaired) electrons. The Bertz CT molecular complexity index is 2630. The number of carbonyl (C=O) groups excluding carboxylic acids is 1. The second-order valence-electron chi connectivity index (χ2n) is 17.7. The minimum Gasteiger partial charge on any atom is -0.508 e. The summed E-state index contributed by atoms with van der Waals surface area (Å²) in [6, 6.07) is 14.8. The maximum atomic E-state index is 15.5. The number of nitrogens with zero attached hydrogens (tertiary/aromatic N) is 8. The number of carbonyl (C=O) groups is 1. The van der Waals surface area contributed by atoms with Crippen LogP contribution in [0, 0.1) is 11.7 Å². The highest BCUT2D eigenvalue weighted by Gasteiger charge is 2.36. The summed E-state index contributed by atoms with van der Waals surface area (Å²) in [7, 11) is 1.63. The molecular weight excluding hydrogens is 802 g/mol. The van der Waals surface area contributed by atoms with Crippen LogP contribution in [0.25, 0.3) is 44.2 Å². The largest absolute Gasteiger partial charge is 0.508 e. The van der Waals surface area contributed by atoms with Gasteiger partial charge >= 0.3 is 6.01 Å². The van der Waals surface area contributed by atoms with Gasteiger partial charge in [-0.2, -0.15) is 9.97 Å². The van der Waals surface area contributed by atoms with Gasteiger partial charge in [0.25, 0.3) is 0 Å². The summed E-state index contributed by atoms with van der Waals surface area (Å²) in [6.07, 6.45) is 8.01. The number of hydrogen-bond donors (Lipinski definition) is 2. The highest BCUT2D eigenvalue weighted by atomic mass is 19.1. The van der Waals surface area contributed by atoms with Gasteiger partial charge in [-0.05, 0) is 92.0 Å². The first-order valence-electron chi connectivity index (χ1n) is 22.3. The second-order valence-corrected chi connectivity index (χ2v) is 17.7. The minimum absolute atomic E-state index is 0.0125. The van der Waals surface area contributed by atoms with Gasteiger partial charge in [0.05, 0.1) is 17.7 Å².